The van der Waals surface area contributed by atoms with Gasteiger partial charge in [-0.3, -0.25) is 9.59 Å². The van der Waals surface area contributed by atoms with Gasteiger partial charge in [0.2, 0.25) is 17.6 Å². The lowest BCUT2D eigenvalue weighted by atomic mass is 10.1. The maximum absolute atomic E-state index is 13.1. The molecular formula is C21H19F3N4O2. The Kier molecular flexibility index (Phi) is 4.76. The highest BCUT2D eigenvalue weighted by Crippen LogP contribution is 2.32. The topological polar surface area (TPSA) is 67.2 Å². The fourth-order valence-electron chi connectivity index (χ4n) is 3.76. The molecule has 0 spiro atoms. The molecule has 2 aromatic carbocycles. The number of anilines is 2. The van der Waals surface area contributed by atoms with Gasteiger partial charge >= 0.3 is 6.18 Å². The first kappa shape index (κ1) is 19.9. The van der Waals surface area contributed by atoms with E-state index in [2.05, 4.69) is 10.3 Å². The molecule has 30 heavy (non-hydrogen) atoms. The second kappa shape index (κ2) is 7.16. The number of hydrogen-bond donors (Lipinski definition) is 1. The average Bonchev–Trinajstić information content (AvgIpc) is 3.22. The van der Waals surface area contributed by atoms with E-state index in [-0.39, 0.29) is 30.3 Å². The van der Waals surface area contributed by atoms with Crippen molar-refractivity contribution in [2.75, 3.05) is 16.8 Å². The van der Waals surface area contributed by atoms with Crippen molar-refractivity contribution in [2.24, 2.45) is 13.0 Å². The van der Waals surface area contributed by atoms with Crippen LogP contribution in [-0.2, 0) is 22.8 Å². The average molecular weight is 416 g/mol. The highest BCUT2D eigenvalue weighted by atomic mass is 19.4. The lowest BCUT2D eigenvalue weighted by molar-refractivity contribution is -0.146. The first-order valence-electron chi connectivity index (χ1n) is 9.35. The Bertz CT molecular complexity index is 1150. The summed E-state index contributed by atoms with van der Waals surface area (Å²) in [5.41, 5.74) is 2.48. The van der Waals surface area contributed by atoms with Crippen molar-refractivity contribution >= 4 is 34.2 Å². The van der Waals surface area contributed by atoms with E-state index in [0.717, 1.165) is 15.8 Å². The fraction of sp³-hybridized carbons (Fsp3) is 0.286. The van der Waals surface area contributed by atoms with Crippen LogP contribution < -0.4 is 10.2 Å². The third-order valence-electron chi connectivity index (χ3n) is 5.30. The summed E-state index contributed by atoms with van der Waals surface area (Å²) in [4.78, 5) is 30.4. The van der Waals surface area contributed by atoms with E-state index in [9.17, 15) is 22.8 Å². The Morgan fingerprint density at radius 1 is 1.20 bits per heavy atom. The predicted molar refractivity (Wildman–Crippen MR) is 106 cm³/mol. The number of nitrogens with zero attached hydrogens (tertiary/aromatic N) is 3. The van der Waals surface area contributed by atoms with Gasteiger partial charge in [0.25, 0.3) is 0 Å². The summed E-state index contributed by atoms with van der Waals surface area (Å²) in [5.74, 6) is -2.05. The van der Waals surface area contributed by atoms with Gasteiger partial charge in [0.1, 0.15) is 0 Å². The molecule has 1 aliphatic heterocycles. The van der Waals surface area contributed by atoms with Crippen LogP contribution in [0.25, 0.3) is 11.0 Å². The van der Waals surface area contributed by atoms with Gasteiger partial charge in [-0.25, -0.2) is 4.98 Å². The SMILES string of the molecule is Cc1ccccc1N1CC(C(=O)Nc2ccc3c(c2)nc(C(F)(F)F)n3C)CC1=O. The van der Waals surface area contributed by atoms with Crippen molar-refractivity contribution in [1.29, 1.82) is 0 Å². The van der Waals surface area contributed by atoms with Crippen LogP contribution in [0.5, 0.6) is 0 Å². The molecule has 0 bridgehead atoms. The maximum Gasteiger partial charge on any atom is 0.449 e. The second-order valence-electron chi connectivity index (χ2n) is 7.38. The minimum absolute atomic E-state index is 0.0736. The number of imidazole rings is 1. The Morgan fingerprint density at radius 2 is 1.93 bits per heavy atom. The van der Waals surface area contributed by atoms with Crippen LogP contribution >= 0.6 is 0 Å². The summed E-state index contributed by atoms with van der Waals surface area (Å²) in [7, 11) is 1.29. The molecule has 3 aromatic rings. The molecule has 1 N–H and O–H groups in total. The van der Waals surface area contributed by atoms with Crippen molar-refractivity contribution in [1.82, 2.24) is 9.55 Å². The van der Waals surface area contributed by atoms with Crippen LogP contribution in [0.3, 0.4) is 0 Å². The molecule has 4 rings (SSSR count). The predicted octanol–water partition coefficient (Wildman–Crippen LogP) is 3.89. The summed E-state index contributed by atoms with van der Waals surface area (Å²) in [6.45, 7) is 2.15. The highest BCUT2D eigenvalue weighted by Gasteiger charge is 2.37. The Morgan fingerprint density at radius 3 is 2.63 bits per heavy atom. The summed E-state index contributed by atoms with van der Waals surface area (Å²) in [6.07, 6.45) is -4.50. The number of rotatable bonds is 3. The number of halogens is 3. The minimum atomic E-state index is -4.57. The molecule has 1 fully saturated rings. The molecule has 0 saturated carbocycles. The number of aryl methyl sites for hydroxylation is 2. The Balaban J connectivity index is 1.52. The van der Waals surface area contributed by atoms with Crippen LogP contribution in [0.4, 0.5) is 24.5 Å². The molecule has 1 saturated heterocycles. The van der Waals surface area contributed by atoms with Gasteiger partial charge in [-0.15, -0.1) is 0 Å². The van der Waals surface area contributed by atoms with E-state index < -0.39 is 17.9 Å². The van der Waals surface area contributed by atoms with Crippen LogP contribution in [0.1, 0.15) is 17.8 Å². The number of para-hydroxylation sites is 1. The van der Waals surface area contributed by atoms with Gasteiger partial charge in [-0.2, -0.15) is 13.2 Å². The van der Waals surface area contributed by atoms with Crippen LogP contribution in [-0.4, -0.2) is 27.9 Å². The zero-order valence-corrected chi connectivity index (χ0v) is 16.3. The fourth-order valence-corrected chi connectivity index (χ4v) is 3.76. The number of carbonyl (C=O) groups is 2. The van der Waals surface area contributed by atoms with Crippen LogP contribution in [0.2, 0.25) is 0 Å². The number of fused-ring (bicyclic) bond motifs is 1. The van der Waals surface area contributed by atoms with E-state index in [0.29, 0.717) is 11.2 Å². The monoisotopic (exact) mass is 416 g/mol. The molecule has 9 heteroatoms. The van der Waals surface area contributed by atoms with E-state index >= 15 is 0 Å². The molecule has 1 aliphatic rings. The normalized spacial score (nSPS) is 17.0. The molecule has 2 amide bonds. The second-order valence-corrected chi connectivity index (χ2v) is 7.38. The molecule has 0 radical (unpaired) electrons. The molecular weight excluding hydrogens is 397 g/mol. The molecule has 0 aliphatic carbocycles. The summed E-state index contributed by atoms with van der Waals surface area (Å²) in [6, 6.07) is 11.8. The number of benzene rings is 2. The van der Waals surface area contributed by atoms with E-state index in [1.165, 1.54) is 25.2 Å². The smallest absolute Gasteiger partial charge is 0.326 e. The zero-order chi connectivity index (χ0) is 21.6. The number of hydrogen-bond acceptors (Lipinski definition) is 3. The first-order chi connectivity index (χ1) is 14.1. The van der Waals surface area contributed by atoms with Crippen molar-refractivity contribution in [3.63, 3.8) is 0 Å². The third-order valence-corrected chi connectivity index (χ3v) is 5.30. The van der Waals surface area contributed by atoms with Crippen molar-refractivity contribution in [3.05, 3.63) is 53.9 Å². The van der Waals surface area contributed by atoms with Gasteiger partial charge in [-0.05, 0) is 36.8 Å². The van der Waals surface area contributed by atoms with Crippen LogP contribution in [0.15, 0.2) is 42.5 Å². The summed E-state index contributed by atoms with van der Waals surface area (Å²) in [5, 5.41) is 2.70. The molecule has 1 atom stereocenters. The molecule has 1 unspecified atom stereocenters. The zero-order valence-electron chi connectivity index (χ0n) is 16.3. The van der Waals surface area contributed by atoms with Crippen molar-refractivity contribution in [3.8, 4) is 0 Å². The largest absolute Gasteiger partial charge is 0.449 e. The van der Waals surface area contributed by atoms with Crippen molar-refractivity contribution < 1.29 is 22.8 Å². The summed E-state index contributed by atoms with van der Waals surface area (Å²) >= 11 is 0. The van der Waals surface area contributed by atoms with Gasteiger partial charge in [-0.1, -0.05) is 18.2 Å². The number of nitrogens with one attached hydrogen (secondary N) is 1. The maximum atomic E-state index is 13.1. The van der Waals surface area contributed by atoms with E-state index in [1.807, 2.05) is 31.2 Å². The van der Waals surface area contributed by atoms with Crippen molar-refractivity contribution in [2.45, 2.75) is 19.5 Å². The number of aromatic nitrogens is 2. The molecule has 156 valence electrons. The highest BCUT2D eigenvalue weighted by molar-refractivity contribution is 6.04. The van der Waals surface area contributed by atoms with Gasteiger partial charge in [0, 0.05) is 31.4 Å². The molecule has 6 nitrogen and oxygen atoms in total. The first-order valence-corrected chi connectivity index (χ1v) is 9.35. The molecule has 1 aromatic heterocycles. The van der Waals surface area contributed by atoms with Crippen LogP contribution in [0, 0.1) is 12.8 Å². The lowest BCUT2D eigenvalue weighted by Gasteiger charge is -2.19. The summed E-state index contributed by atoms with van der Waals surface area (Å²) < 4.78 is 40.1. The molecule has 2 heterocycles. The van der Waals surface area contributed by atoms with Gasteiger partial charge < -0.3 is 14.8 Å². The third kappa shape index (κ3) is 3.51. The van der Waals surface area contributed by atoms with Gasteiger partial charge in [0.15, 0.2) is 0 Å². The quantitative estimate of drug-likeness (QED) is 0.705. The Labute approximate surface area is 170 Å². The van der Waals surface area contributed by atoms with Gasteiger partial charge in [0.05, 0.1) is 17.0 Å². The number of carbonyl (C=O) groups excluding carboxylic acids is 2. The Hall–Kier alpha value is -3.36. The number of alkyl halides is 3. The lowest BCUT2D eigenvalue weighted by Crippen LogP contribution is -2.28. The van der Waals surface area contributed by atoms with E-state index in [1.54, 1.807) is 4.90 Å². The standard InChI is InChI=1S/C21H19F3N4O2/c1-12-5-3-4-6-16(12)28-11-13(9-18(28)29)19(30)25-14-7-8-17-15(10-14)26-20(27(17)2)21(22,23)24/h3-8,10,13H,9,11H2,1-2H3,(H,25,30). The number of amides is 2. The van der Waals surface area contributed by atoms with E-state index in [4.69, 9.17) is 0 Å². The minimum Gasteiger partial charge on any atom is -0.326 e.